The van der Waals surface area contributed by atoms with Crippen LogP contribution in [0.1, 0.15) is 12.6 Å². The zero-order valence-electron chi connectivity index (χ0n) is 12.6. The molecule has 1 aliphatic heterocycles. The number of ether oxygens (including phenoxy) is 2. The summed E-state index contributed by atoms with van der Waals surface area (Å²) in [7, 11) is 1.40. The van der Waals surface area contributed by atoms with Gasteiger partial charge in [-0.15, -0.1) is 0 Å². The normalized spacial score (nSPS) is 33.9. The summed E-state index contributed by atoms with van der Waals surface area (Å²) in [5.74, 6) is 0.211. The standard InChI is InChI=1S/C14H16FN5O3/c1-13(10-4-3-8-12(17)18-7-19-20(8)10)14(15,6-16)11(21)9(23-13)5-22-2/h3-4,7,9,11,21H,5H2,1-2H3,(H2,17,18,19)/t9-,11-,13+,14-/m1/s1. The molecule has 1 fully saturated rings. The number of nitrogen functional groups attached to an aromatic ring is 1. The molecule has 2 aromatic heterocycles. The van der Waals surface area contributed by atoms with E-state index < -0.39 is 23.5 Å². The largest absolute Gasteiger partial charge is 0.386 e. The molecule has 0 amide bonds. The number of hydrogen-bond acceptors (Lipinski definition) is 7. The Bertz CT molecular complexity index is 790. The molecule has 0 bridgehead atoms. The molecule has 0 aromatic carbocycles. The number of nitrogens with zero attached hydrogens (tertiary/aromatic N) is 4. The minimum absolute atomic E-state index is 0.0511. The summed E-state index contributed by atoms with van der Waals surface area (Å²) in [6, 6.07) is 4.71. The summed E-state index contributed by atoms with van der Waals surface area (Å²) in [5, 5.41) is 23.6. The lowest BCUT2D eigenvalue weighted by Gasteiger charge is -2.31. The van der Waals surface area contributed by atoms with Crippen LogP contribution in [0, 0.1) is 11.3 Å². The van der Waals surface area contributed by atoms with Crippen molar-refractivity contribution in [3.8, 4) is 6.07 Å². The highest BCUT2D eigenvalue weighted by atomic mass is 19.1. The summed E-state index contributed by atoms with van der Waals surface area (Å²) in [5.41, 5.74) is 2.05. The molecule has 23 heavy (non-hydrogen) atoms. The summed E-state index contributed by atoms with van der Waals surface area (Å²) in [6.07, 6.45) is -1.43. The second kappa shape index (κ2) is 5.13. The third-order valence-electron chi connectivity index (χ3n) is 4.31. The minimum atomic E-state index is -2.68. The van der Waals surface area contributed by atoms with Gasteiger partial charge in [-0.05, 0) is 19.1 Å². The molecule has 0 saturated carbocycles. The lowest BCUT2D eigenvalue weighted by atomic mass is 9.82. The van der Waals surface area contributed by atoms with Crippen LogP contribution in [0.15, 0.2) is 18.5 Å². The van der Waals surface area contributed by atoms with E-state index >= 15 is 4.39 Å². The number of nitrogens with two attached hydrogens (primary N) is 1. The van der Waals surface area contributed by atoms with E-state index in [4.69, 9.17) is 15.2 Å². The van der Waals surface area contributed by atoms with Crippen molar-refractivity contribution in [2.24, 2.45) is 0 Å². The van der Waals surface area contributed by atoms with Gasteiger partial charge in [-0.3, -0.25) is 0 Å². The fourth-order valence-corrected chi connectivity index (χ4v) is 3.01. The third-order valence-corrected chi connectivity index (χ3v) is 4.31. The Morgan fingerprint density at radius 2 is 2.35 bits per heavy atom. The molecular weight excluding hydrogens is 305 g/mol. The zero-order chi connectivity index (χ0) is 16.8. The molecule has 9 heteroatoms. The van der Waals surface area contributed by atoms with E-state index in [1.54, 1.807) is 18.2 Å². The number of aliphatic hydroxyl groups is 1. The van der Waals surface area contributed by atoms with Crippen molar-refractivity contribution in [2.75, 3.05) is 19.5 Å². The number of aliphatic hydroxyl groups excluding tert-OH is 1. The maximum absolute atomic E-state index is 15.4. The maximum Gasteiger partial charge on any atom is 0.258 e. The molecule has 0 unspecified atom stereocenters. The fourth-order valence-electron chi connectivity index (χ4n) is 3.01. The predicted molar refractivity (Wildman–Crippen MR) is 77.0 cm³/mol. The Kier molecular flexibility index (Phi) is 3.48. The van der Waals surface area contributed by atoms with Crippen molar-refractivity contribution < 1.29 is 19.0 Å². The van der Waals surface area contributed by atoms with Crippen molar-refractivity contribution in [2.45, 2.75) is 30.4 Å². The monoisotopic (exact) mass is 321 g/mol. The minimum Gasteiger partial charge on any atom is -0.386 e. The molecular formula is C14H16FN5O3. The zero-order valence-corrected chi connectivity index (χ0v) is 12.6. The van der Waals surface area contributed by atoms with Gasteiger partial charge in [0.05, 0.1) is 12.3 Å². The number of aromatic nitrogens is 3. The summed E-state index contributed by atoms with van der Waals surface area (Å²) >= 11 is 0. The average Bonchev–Trinajstić information content (AvgIpc) is 3.05. The molecule has 0 radical (unpaired) electrons. The molecule has 3 rings (SSSR count). The third kappa shape index (κ3) is 1.92. The lowest BCUT2D eigenvalue weighted by Crippen LogP contribution is -2.49. The van der Waals surface area contributed by atoms with E-state index in [2.05, 4.69) is 10.1 Å². The SMILES string of the molecule is COC[C@H]1O[C@@](C)(c2ccc3c(N)ncnn23)[C@@](F)(C#N)[C@@H]1O. The highest BCUT2D eigenvalue weighted by molar-refractivity contribution is 5.66. The fraction of sp³-hybridized carbons (Fsp3) is 0.500. The van der Waals surface area contributed by atoms with Gasteiger partial charge in [0, 0.05) is 7.11 Å². The molecule has 0 aliphatic carbocycles. The van der Waals surface area contributed by atoms with Gasteiger partial charge in [0.25, 0.3) is 5.67 Å². The number of halogens is 1. The van der Waals surface area contributed by atoms with E-state index in [0.717, 1.165) is 0 Å². The number of fused-ring (bicyclic) bond motifs is 1. The van der Waals surface area contributed by atoms with E-state index in [1.807, 2.05) is 0 Å². The number of hydrogen-bond donors (Lipinski definition) is 2. The highest BCUT2D eigenvalue weighted by Crippen LogP contribution is 2.49. The van der Waals surface area contributed by atoms with E-state index in [1.165, 1.54) is 24.9 Å². The second-order valence-corrected chi connectivity index (χ2v) is 5.57. The van der Waals surface area contributed by atoms with Crippen LogP contribution in [0.25, 0.3) is 5.52 Å². The van der Waals surface area contributed by atoms with Gasteiger partial charge >= 0.3 is 0 Å². The second-order valence-electron chi connectivity index (χ2n) is 5.57. The molecule has 2 aromatic rings. The Labute approximate surface area is 131 Å². The van der Waals surface area contributed by atoms with Crippen molar-refractivity contribution in [1.29, 1.82) is 5.26 Å². The number of anilines is 1. The van der Waals surface area contributed by atoms with Crippen molar-refractivity contribution in [3.63, 3.8) is 0 Å². The molecule has 3 heterocycles. The Morgan fingerprint density at radius 3 is 3.00 bits per heavy atom. The first kappa shape index (κ1) is 15.6. The molecule has 122 valence electrons. The molecule has 0 spiro atoms. The topological polar surface area (TPSA) is 119 Å². The first-order valence-corrected chi connectivity index (χ1v) is 6.92. The molecule has 3 N–H and O–H groups in total. The van der Waals surface area contributed by atoms with Gasteiger partial charge in [0.2, 0.25) is 0 Å². The van der Waals surface area contributed by atoms with Gasteiger partial charge in [-0.1, -0.05) is 0 Å². The van der Waals surface area contributed by atoms with E-state index in [-0.39, 0.29) is 18.1 Å². The summed E-state index contributed by atoms with van der Waals surface area (Å²) in [6.45, 7) is 1.35. The Balaban J connectivity index is 2.19. The lowest BCUT2D eigenvalue weighted by molar-refractivity contribution is -0.0933. The average molecular weight is 321 g/mol. The predicted octanol–water partition coefficient (Wildman–Crippen LogP) is 0.165. The van der Waals surface area contributed by atoms with Gasteiger partial charge < -0.3 is 20.3 Å². The first-order chi connectivity index (χ1) is 10.9. The van der Waals surface area contributed by atoms with Crippen LogP contribution in [-0.4, -0.2) is 51.3 Å². The van der Waals surface area contributed by atoms with Crippen molar-refractivity contribution >= 4 is 11.3 Å². The summed E-state index contributed by atoms with van der Waals surface area (Å²) < 4.78 is 27.4. The van der Waals surface area contributed by atoms with Gasteiger partial charge in [0.1, 0.15) is 30.1 Å². The van der Waals surface area contributed by atoms with Crippen LogP contribution < -0.4 is 5.73 Å². The van der Waals surface area contributed by atoms with E-state index in [9.17, 15) is 10.4 Å². The van der Waals surface area contributed by atoms with Crippen LogP contribution in [-0.2, 0) is 15.1 Å². The number of nitriles is 1. The van der Waals surface area contributed by atoms with Crippen LogP contribution in [0.2, 0.25) is 0 Å². The number of rotatable bonds is 3. The molecule has 1 aliphatic rings. The highest BCUT2D eigenvalue weighted by Gasteiger charge is 2.67. The van der Waals surface area contributed by atoms with Gasteiger partial charge in [-0.25, -0.2) is 13.9 Å². The maximum atomic E-state index is 15.4. The molecule has 8 nitrogen and oxygen atoms in total. The van der Waals surface area contributed by atoms with Crippen LogP contribution in [0.4, 0.5) is 10.2 Å². The smallest absolute Gasteiger partial charge is 0.258 e. The number of alkyl halides is 1. The first-order valence-electron chi connectivity index (χ1n) is 6.92. The Hall–Kier alpha value is -2.28. The van der Waals surface area contributed by atoms with Crippen LogP contribution in [0.3, 0.4) is 0 Å². The van der Waals surface area contributed by atoms with Gasteiger partial charge in [0.15, 0.2) is 11.4 Å². The van der Waals surface area contributed by atoms with Crippen LogP contribution in [0.5, 0.6) is 0 Å². The van der Waals surface area contributed by atoms with Crippen molar-refractivity contribution in [1.82, 2.24) is 14.6 Å². The molecule has 4 atom stereocenters. The Morgan fingerprint density at radius 1 is 1.61 bits per heavy atom. The van der Waals surface area contributed by atoms with Crippen LogP contribution >= 0.6 is 0 Å². The number of methoxy groups -OCH3 is 1. The van der Waals surface area contributed by atoms with Crippen molar-refractivity contribution in [3.05, 3.63) is 24.2 Å². The summed E-state index contributed by atoms with van der Waals surface area (Å²) in [4.78, 5) is 3.86. The van der Waals surface area contributed by atoms with E-state index in [0.29, 0.717) is 5.52 Å². The molecule has 1 saturated heterocycles. The van der Waals surface area contributed by atoms with Gasteiger partial charge in [-0.2, -0.15) is 10.4 Å². The quantitative estimate of drug-likeness (QED) is 0.826.